The Morgan fingerprint density at radius 3 is 2.62 bits per heavy atom. The summed E-state index contributed by atoms with van der Waals surface area (Å²) in [5, 5.41) is 7.48. The molecular formula is C19H20Cl2N2O. The van der Waals surface area contributed by atoms with E-state index < -0.39 is 0 Å². The minimum absolute atomic E-state index is 0.0255. The SMILES string of the molecule is CC(C(=O)NCc1ccccc1-c1ccc(Cl)cc1Cl)C1CNC1. The molecule has 0 spiro atoms. The van der Waals surface area contributed by atoms with Crippen LogP contribution >= 0.6 is 23.2 Å². The first-order chi connectivity index (χ1) is 11.6. The fraction of sp³-hybridized carbons (Fsp3) is 0.316. The van der Waals surface area contributed by atoms with E-state index in [1.165, 1.54) is 0 Å². The molecule has 2 N–H and O–H groups in total. The number of nitrogens with one attached hydrogen (secondary N) is 2. The number of amides is 1. The highest BCUT2D eigenvalue weighted by Crippen LogP contribution is 2.32. The third kappa shape index (κ3) is 3.75. The van der Waals surface area contributed by atoms with Crippen molar-refractivity contribution in [1.82, 2.24) is 10.6 Å². The molecule has 1 unspecified atom stereocenters. The molecule has 1 fully saturated rings. The molecular weight excluding hydrogens is 343 g/mol. The van der Waals surface area contributed by atoms with E-state index in [4.69, 9.17) is 23.2 Å². The van der Waals surface area contributed by atoms with Crippen LogP contribution < -0.4 is 10.6 Å². The summed E-state index contributed by atoms with van der Waals surface area (Å²) in [6.45, 7) is 4.32. The summed E-state index contributed by atoms with van der Waals surface area (Å²) in [6.07, 6.45) is 0. The summed E-state index contributed by atoms with van der Waals surface area (Å²) in [6, 6.07) is 13.4. The highest BCUT2D eigenvalue weighted by Gasteiger charge is 2.28. The summed E-state index contributed by atoms with van der Waals surface area (Å²) in [7, 11) is 0. The molecule has 2 aromatic rings. The van der Waals surface area contributed by atoms with E-state index in [0.717, 1.165) is 29.8 Å². The summed E-state index contributed by atoms with van der Waals surface area (Å²) < 4.78 is 0. The van der Waals surface area contributed by atoms with Crippen LogP contribution in [0.25, 0.3) is 11.1 Å². The second kappa shape index (κ2) is 7.56. The van der Waals surface area contributed by atoms with Crippen molar-refractivity contribution in [2.75, 3.05) is 13.1 Å². The zero-order valence-electron chi connectivity index (χ0n) is 13.5. The Morgan fingerprint density at radius 2 is 1.96 bits per heavy atom. The van der Waals surface area contributed by atoms with Gasteiger partial charge in [-0.05, 0) is 42.3 Å². The zero-order chi connectivity index (χ0) is 17.1. The summed E-state index contributed by atoms with van der Waals surface area (Å²) in [5.74, 6) is 0.557. The maximum Gasteiger partial charge on any atom is 0.223 e. The standard InChI is InChI=1S/C19H20Cl2N2O/c1-12(14-9-22-10-14)19(24)23-11-13-4-2-3-5-16(13)17-7-6-15(20)8-18(17)21/h2-8,12,14,22H,9-11H2,1H3,(H,23,24). The van der Waals surface area contributed by atoms with E-state index in [1.807, 2.05) is 43.3 Å². The highest BCUT2D eigenvalue weighted by molar-refractivity contribution is 6.36. The lowest BCUT2D eigenvalue weighted by atomic mass is 9.88. The van der Waals surface area contributed by atoms with Crippen molar-refractivity contribution in [3.05, 3.63) is 58.1 Å². The Kier molecular flexibility index (Phi) is 5.44. The molecule has 1 atom stereocenters. The van der Waals surface area contributed by atoms with E-state index >= 15 is 0 Å². The molecule has 1 aliphatic rings. The fourth-order valence-electron chi connectivity index (χ4n) is 2.87. The second-order valence-corrected chi connectivity index (χ2v) is 7.05. The van der Waals surface area contributed by atoms with Crippen LogP contribution in [0.15, 0.2) is 42.5 Å². The van der Waals surface area contributed by atoms with E-state index in [0.29, 0.717) is 22.5 Å². The van der Waals surface area contributed by atoms with Crippen LogP contribution in [0.4, 0.5) is 0 Å². The van der Waals surface area contributed by atoms with Crippen LogP contribution in [-0.2, 0) is 11.3 Å². The van der Waals surface area contributed by atoms with Crippen LogP contribution in [-0.4, -0.2) is 19.0 Å². The van der Waals surface area contributed by atoms with Crippen molar-refractivity contribution in [2.45, 2.75) is 13.5 Å². The number of carbonyl (C=O) groups excluding carboxylic acids is 1. The van der Waals surface area contributed by atoms with Gasteiger partial charge < -0.3 is 10.6 Å². The third-order valence-corrected chi connectivity index (χ3v) is 5.17. The molecule has 0 bridgehead atoms. The Hall–Kier alpha value is -1.55. The van der Waals surface area contributed by atoms with Crippen molar-refractivity contribution in [1.29, 1.82) is 0 Å². The number of halogens is 2. The molecule has 3 nitrogen and oxygen atoms in total. The van der Waals surface area contributed by atoms with E-state index in [9.17, 15) is 4.79 Å². The maximum absolute atomic E-state index is 12.3. The van der Waals surface area contributed by atoms with Crippen molar-refractivity contribution in [2.24, 2.45) is 11.8 Å². The van der Waals surface area contributed by atoms with E-state index in [1.54, 1.807) is 6.07 Å². The molecule has 3 rings (SSSR count). The van der Waals surface area contributed by atoms with Crippen molar-refractivity contribution in [3.63, 3.8) is 0 Å². The van der Waals surface area contributed by atoms with Gasteiger partial charge in [0, 0.05) is 28.1 Å². The molecule has 0 saturated carbocycles. The number of hydrogen-bond donors (Lipinski definition) is 2. The fourth-order valence-corrected chi connectivity index (χ4v) is 3.38. The van der Waals surface area contributed by atoms with E-state index in [2.05, 4.69) is 10.6 Å². The summed E-state index contributed by atoms with van der Waals surface area (Å²) >= 11 is 12.3. The number of rotatable bonds is 5. The molecule has 1 amide bonds. The molecule has 0 aromatic heterocycles. The Labute approximate surface area is 152 Å². The van der Waals surface area contributed by atoms with Crippen LogP contribution in [0.5, 0.6) is 0 Å². The van der Waals surface area contributed by atoms with Gasteiger partial charge >= 0.3 is 0 Å². The molecule has 126 valence electrons. The first-order valence-corrected chi connectivity index (χ1v) is 8.83. The molecule has 24 heavy (non-hydrogen) atoms. The maximum atomic E-state index is 12.3. The Balaban J connectivity index is 1.75. The molecule has 2 aromatic carbocycles. The van der Waals surface area contributed by atoms with Crippen molar-refractivity contribution < 1.29 is 4.79 Å². The first-order valence-electron chi connectivity index (χ1n) is 8.08. The Morgan fingerprint density at radius 1 is 1.21 bits per heavy atom. The summed E-state index contributed by atoms with van der Waals surface area (Å²) in [5.41, 5.74) is 2.97. The van der Waals surface area contributed by atoms with Crippen molar-refractivity contribution >= 4 is 29.1 Å². The lowest BCUT2D eigenvalue weighted by Gasteiger charge is -2.31. The van der Waals surface area contributed by atoms with Gasteiger partial charge in [0.1, 0.15) is 0 Å². The first kappa shape index (κ1) is 17.3. The van der Waals surface area contributed by atoms with Gasteiger partial charge in [-0.3, -0.25) is 4.79 Å². The van der Waals surface area contributed by atoms with Crippen LogP contribution in [0.1, 0.15) is 12.5 Å². The summed E-state index contributed by atoms with van der Waals surface area (Å²) in [4.78, 5) is 12.3. The third-order valence-electron chi connectivity index (χ3n) is 4.63. The molecule has 5 heteroatoms. The van der Waals surface area contributed by atoms with Gasteiger partial charge in [0.2, 0.25) is 5.91 Å². The van der Waals surface area contributed by atoms with Gasteiger partial charge in [-0.2, -0.15) is 0 Å². The van der Waals surface area contributed by atoms with Crippen molar-refractivity contribution in [3.8, 4) is 11.1 Å². The average Bonchev–Trinajstić information content (AvgIpc) is 2.51. The highest BCUT2D eigenvalue weighted by atomic mass is 35.5. The predicted molar refractivity (Wildman–Crippen MR) is 99.3 cm³/mol. The van der Waals surface area contributed by atoms with Crippen LogP contribution in [0.2, 0.25) is 10.0 Å². The normalized spacial score (nSPS) is 15.6. The number of carbonyl (C=O) groups is 1. The molecule has 1 heterocycles. The Bertz CT molecular complexity index is 744. The lowest BCUT2D eigenvalue weighted by Crippen LogP contribution is -2.49. The average molecular weight is 363 g/mol. The number of hydrogen-bond acceptors (Lipinski definition) is 2. The van der Waals surface area contributed by atoms with Gasteiger partial charge in [-0.1, -0.05) is 60.5 Å². The minimum Gasteiger partial charge on any atom is -0.352 e. The van der Waals surface area contributed by atoms with Gasteiger partial charge in [0.05, 0.1) is 0 Å². The lowest BCUT2D eigenvalue weighted by molar-refractivity contribution is -0.126. The van der Waals surface area contributed by atoms with Gasteiger partial charge in [0.15, 0.2) is 0 Å². The minimum atomic E-state index is 0.0255. The second-order valence-electron chi connectivity index (χ2n) is 6.21. The molecule has 1 saturated heterocycles. The number of benzene rings is 2. The van der Waals surface area contributed by atoms with Gasteiger partial charge in [-0.25, -0.2) is 0 Å². The zero-order valence-corrected chi connectivity index (χ0v) is 15.0. The largest absolute Gasteiger partial charge is 0.352 e. The molecule has 0 aliphatic carbocycles. The van der Waals surface area contributed by atoms with Gasteiger partial charge in [0.25, 0.3) is 0 Å². The topological polar surface area (TPSA) is 41.1 Å². The molecule has 0 radical (unpaired) electrons. The van der Waals surface area contributed by atoms with E-state index in [-0.39, 0.29) is 11.8 Å². The smallest absolute Gasteiger partial charge is 0.223 e. The van der Waals surface area contributed by atoms with Crippen LogP contribution in [0, 0.1) is 11.8 Å². The van der Waals surface area contributed by atoms with Crippen LogP contribution in [0.3, 0.4) is 0 Å². The molecule has 1 aliphatic heterocycles. The predicted octanol–water partition coefficient (Wildman–Crippen LogP) is 4.13. The monoisotopic (exact) mass is 362 g/mol. The quantitative estimate of drug-likeness (QED) is 0.839. The van der Waals surface area contributed by atoms with Gasteiger partial charge in [-0.15, -0.1) is 0 Å².